The van der Waals surface area contributed by atoms with Crippen LogP contribution in [0, 0.1) is 0 Å². The van der Waals surface area contributed by atoms with E-state index in [9.17, 15) is 4.79 Å². The number of nitrogens with zero attached hydrogens (tertiary/aromatic N) is 3. The number of anilines is 2. The van der Waals surface area contributed by atoms with Crippen molar-refractivity contribution in [1.82, 2.24) is 9.88 Å². The van der Waals surface area contributed by atoms with E-state index in [1.165, 1.54) is 0 Å². The Labute approximate surface area is 193 Å². The smallest absolute Gasteiger partial charge is 0.254 e. The highest BCUT2D eigenvalue weighted by molar-refractivity contribution is 6.09. The molecule has 1 spiro atoms. The van der Waals surface area contributed by atoms with Gasteiger partial charge >= 0.3 is 0 Å². The fraction of sp³-hybridized carbons (Fsp3) is 0.269. The third-order valence-electron chi connectivity index (χ3n) is 6.23. The number of amides is 1. The van der Waals surface area contributed by atoms with Crippen LogP contribution in [0.5, 0.6) is 5.75 Å². The summed E-state index contributed by atoms with van der Waals surface area (Å²) in [5, 5.41) is 7.15. The Morgan fingerprint density at radius 3 is 2.88 bits per heavy atom. The normalized spacial score (nSPS) is 20.6. The van der Waals surface area contributed by atoms with Gasteiger partial charge in [0.05, 0.1) is 25.9 Å². The van der Waals surface area contributed by atoms with Crippen molar-refractivity contribution < 1.29 is 9.53 Å². The average molecular weight is 442 g/mol. The molecule has 3 aromatic rings. The van der Waals surface area contributed by atoms with Gasteiger partial charge in [-0.1, -0.05) is 36.4 Å². The van der Waals surface area contributed by atoms with Gasteiger partial charge in [0.1, 0.15) is 17.1 Å². The van der Waals surface area contributed by atoms with E-state index in [4.69, 9.17) is 9.73 Å². The lowest BCUT2D eigenvalue weighted by molar-refractivity contribution is 0.0694. The lowest BCUT2D eigenvalue weighted by atomic mass is 9.85. The van der Waals surface area contributed by atoms with Crippen LogP contribution in [-0.4, -0.2) is 47.4 Å². The topological polar surface area (TPSA) is 78.8 Å². The molecule has 1 fully saturated rings. The summed E-state index contributed by atoms with van der Waals surface area (Å²) in [4.78, 5) is 24.7. The molecule has 1 atom stereocenters. The van der Waals surface area contributed by atoms with E-state index in [-0.39, 0.29) is 5.91 Å². The number of rotatable bonds is 4. The molecule has 1 aromatic heterocycles. The monoisotopic (exact) mass is 441 g/mol. The number of carbonyl (C=O) groups excluding carboxylic acids is 1. The van der Waals surface area contributed by atoms with Crippen molar-refractivity contribution in [2.24, 2.45) is 4.99 Å². The van der Waals surface area contributed by atoms with Crippen molar-refractivity contribution >= 4 is 23.2 Å². The van der Waals surface area contributed by atoms with E-state index in [1.807, 2.05) is 53.4 Å². The van der Waals surface area contributed by atoms with Crippen molar-refractivity contribution in [3.63, 3.8) is 0 Å². The van der Waals surface area contributed by atoms with Gasteiger partial charge in [-0.25, -0.2) is 4.98 Å². The van der Waals surface area contributed by atoms with E-state index in [0.717, 1.165) is 35.7 Å². The predicted octanol–water partition coefficient (Wildman–Crippen LogP) is 4.20. The summed E-state index contributed by atoms with van der Waals surface area (Å²) in [6, 6.07) is 21.4. The molecular formula is C26H27N5O2. The lowest BCUT2D eigenvalue weighted by Gasteiger charge is -2.47. The second-order valence-corrected chi connectivity index (χ2v) is 8.44. The minimum atomic E-state index is -0.502. The van der Waals surface area contributed by atoms with Gasteiger partial charge in [0.2, 0.25) is 0 Å². The molecule has 5 rings (SSSR count). The van der Waals surface area contributed by atoms with Crippen molar-refractivity contribution in [3.05, 3.63) is 84.1 Å². The maximum atomic E-state index is 13.4. The Morgan fingerprint density at radius 2 is 2.03 bits per heavy atom. The summed E-state index contributed by atoms with van der Waals surface area (Å²) in [5.74, 6) is 2.25. The number of aliphatic imine (C=N–C) groups is 1. The van der Waals surface area contributed by atoms with Gasteiger partial charge in [0.25, 0.3) is 5.91 Å². The summed E-state index contributed by atoms with van der Waals surface area (Å²) < 4.78 is 5.31. The van der Waals surface area contributed by atoms with Crippen LogP contribution >= 0.6 is 0 Å². The van der Waals surface area contributed by atoms with Gasteiger partial charge in [-0.05, 0) is 48.7 Å². The first-order chi connectivity index (χ1) is 16.2. The maximum Gasteiger partial charge on any atom is 0.254 e. The Morgan fingerprint density at radius 1 is 1.15 bits per heavy atom. The number of hydrogen-bond donors (Lipinski definition) is 2. The number of likely N-dealkylation sites (tertiary alicyclic amines) is 1. The summed E-state index contributed by atoms with van der Waals surface area (Å²) in [5.41, 5.74) is 2.18. The van der Waals surface area contributed by atoms with Crippen LogP contribution in [0.2, 0.25) is 0 Å². The molecule has 7 nitrogen and oxygen atoms in total. The molecule has 2 N–H and O–H groups in total. The van der Waals surface area contributed by atoms with Crippen molar-refractivity contribution in [2.75, 3.05) is 30.8 Å². The second-order valence-electron chi connectivity index (χ2n) is 8.44. The summed E-state index contributed by atoms with van der Waals surface area (Å²) in [7, 11) is 1.61. The standard InChI is InChI=1S/C26H27N5O2/c1-33-21-11-5-10-20(16-21)24(32)31-15-7-13-26(18-31)25(28-17-19-8-3-2-4-9-19)29-23-22(30-26)12-6-14-27-23/h2-6,8-12,14,16,30H,7,13,15,17-18H2,1H3,(H,27,28,29)/t26-/m0/s1. The van der Waals surface area contributed by atoms with Gasteiger partial charge in [-0.3, -0.25) is 9.79 Å². The zero-order valence-corrected chi connectivity index (χ0v) is 18.6. The molecule has 3 heterocycles. The Hall–Kier alpha value is -3.87. The van der Waals surface area contributed by atoms with E-state index in [2.05, 4.69) is 27.8 Å². The van der Waals surface area contributed by atoms with Crippen LogP contribution in [0.25, 0.3) is 0 Å². The van der Waals surface area contributed by atoms with Crippen LogP contribution in [0.3, 0.4) is 0 Å². The van der Waals surface area contributed by atoms with Crippen LogP contribution in [0.4, 0.5) is 11.5 Å². The number of hydrogen-bond acceptors (Lipinski definition) is 5. The number of amidine groups is 1. The van der Waals surface area contributed by atoms with Gasteiger partial charge in [-0.2, -0.15) is 0 Å². The molecule has 2 aromatic carbocycles. The number of pyridine rings is 1. The number of benzene rings is 2. The Bertz CT molecular complexity index is 1180. The molecule has 2 aliphatic heterocycles. The number of carbonyl (C=O) groups is 1. The highest BCUT2D eigenvalue weighted by atomic mass is 16.5. The zero-order chi connectivity index (χ0) is 22.7. The second kappa shape index (κ2) is 8.94. The number of aromatic nitrogens is 1. The average Bonchev–Trinajstić information content (AvgIpc) is 2.87. The molecule has 0 saturated carbocycles. The molecule has 2 aliphatic rings. The SMILES string of the molecule is COc1cccc(C(=O)N2CCC[C@@]3(C2)Nc2cccnc2NC3=NCc2ccccc2)c1. The molecule has 1 saturated heterocycles. The van der Waals surface area contributed by atoms with Crippen LogP contribution < -0.4 is 15.4 Å². The van der Waals surface area contributed by atoms with E-state index in [1.54, 1.807) is 19.4 Å². The minimum Gasteiger partial charge on any atom is -0.497 e. The predicted molar refractivity (Wildman–Crippen MR) is 130 cm³/mol. The van der Waals surface area contributed by atoms with Gasteiger partial charge < -0.3 is 20.3 Å². The van der Waals surface area contributed by atoms with Gasteiger partial charge in [0, 0.05) is 18.3 Å². The number of piperidine rings is 1. The zero-order valence-electron chi connectivity index (χ0n) is 18.6. The van der Waals surface area contributed by atoms with Gasteiger partial charge in [0.15, 0.2) is 5.82 Å². The van der Waals surface area contributed by atoms with Crippen molar-refractivity contribution in [2.45, 2.75) is 24.9 Å². The highest BCUT2D eigenvalue weighted by Crippen LogP contribution is 2.35. The molecular weight excluding hydrogens is 414 g/mol. The highest BCUT2D eigenvalue weighted by Gasteiger charge is 2.45. The quantitative estimate of drug-likeness (QED) is 0.634. The van der Waals surface area contributed by atoms with Gasteiger partial charge in [-0.15, -0.1) is 0 Å². The Kier molecular flexibility index (Phi) is 5.69. The fourth-order valence-corrected chi connectivity index (χ4v) is 4.56. The summed E-state index contributed by atoms with van der Waals surface area (Å²) >= 11 is 0. The molecule has 0 aliphatic carbocycles. The number of fused-ring (bicyclic) bond motifs is 1. The maximum absolute atomic E-state index is 13.4. The van der Waals surface area contributed by atoms with Crippen LogP contribution in [0.15, 0.2) is 77.9 Å². The molecule has 0 radical (unpaired) electrons. The van der Waals surface area contributed by atoms with E-state index < -0.39 is 5.54 Å². The first-order valence-electron chi connectivity index (χ1n) is 11.2. The number of methoxy groups -OCH3 is 1. The molecule has 1 amide bonds. The minimum absolute atomic E-state index is 0.00540. The third kappa shape index (κ3) is 4.26. The largest absolute Gasteiger partial charge is 0.497 e. The third-order valence-corrected chi connectivity index (χ3v) is 6.23. The molecule has 7 heteroatoms. The summed E-state index contributed by atoms with van der Waals surface area (Å²) in [6.45, 7) is 1.77. The van der Waals surface area contributed by atoms with E-state index >= 15 is 0 Å². The fourth-order valence-electron chi connectivity index (χ4n) is 4.56. The lowest BCUT2D eigenvalue weighted by Crippen LogP contribution is -2.62. The molecule has 0 bridgehead atoms. The molecule has 168 valence electrons. The van der Waals surface area contributed by atoms with E-state index in [0.29, 0.717) is 30.9 Å². The first kappa shape index (κ1) is 21.0. The van der Waals surface area contributed by atoms with Crippen LogP contribution in [-0.2, 0) is 6.54 Å². The molecule has 33 heavy (non-hydrogen) atoms. The Balaban J connectivity index is 1.46. The first-order valence-corrected chi connectivity index (χ1v) is 11.2. The molecule has 0 unspecified atom stereocenters. The summed E-state index contributed by atoms with van der Waals surface area (Å²) in [6.07, 6.45) is 3.49. The van der Waals surface area contributed by atoms with Crippen molar-refractivity contribution in [3.8, 4) is 5.75 Å². The van der Waals surface area contributed by atoms with Crippen LogP contribution in [0.1, 0.15) is 28.8 Å². The number of ether oxygens (including phenoxy) is 1. The number of nitrogens with one attached hydrogen (secondary N) is 2. The van der Waals surface area contributed by atoms with Crippen molar-refractivity contribution in [1.29, 1.82) is 0 Å².